The molecule has 5 nitrogen and oxygen atoms in total. The Labute approximate surface area is 106 Å². The van der Waals surface area contributed by atoms with Crippen molar-refractivity contribution in [1.82, 2.24) is 10.2 Å². The molecule has 2 aliphatic rings. The zero-order valence-corrected chi connectivity index (χ0v) is 10.2. The second kappa shape index (κ2) is 4.74. The Hall–Kier alpha value is -1.33. The van der Waals surface area contributed by atoms with Crippen molar-refractivity contribution in [3.8, 4) is 0 Å². The fraction of sp³-hybridized carbons (Fsp3) is 0.615. The van der Waals surface area contributed by atoms with Crippen LogP contribution in [0.15, 0.2) is 22.8 Å². The number of carbonyl (C=O) groups is 1. The van der Waals surface area contributed by atoms with E-state index in [1.54, 1.807) is 6.26 Å². The molecule has 3 rings (SSSR count). The van der Waals surface area contributed by atoms with Gasteiger partial charge in [0, 0.05) is 12.6 Å². The smallest absolute Gasteiger partial charge is 0.240 e. The second-order valence-electron chi connectivity index (χ2n) is 5.13. The minimum atomic E-state index is -0.399. The molecule has 2 heterocycles. The van der Waals surface area contributed by atoms with E-state index in [1.807, 2.05) is 17.0 Å². The predicted octanol–water partition coefficient (Wildman–Crippen LogP) is 0.493. The maximum absolute atomic E-state index is 12.4. The third-order valence-electron chi connectivity index (χ3n) is 3.58. The van der Waals surface area contributed by atoms with Gasteiger partial charge in [0.05, 0.1) is 25.0 Å². The Bertz CT molecular complexity index is 414. The summed E-state index contributed by atoms with van der Waals surface area (Å²) < 4.78 is 5.31. The van der Waals surface area contributed by atoms with Gasteiger partial charge in [-0.2, -0.15) is 0 Å². The van der Waals surface area contributed by atoms with Gasteiger partial charge in [-0.15, -0.1) is 0 Å². The summed E-state index contributed by atoms with van der Waals surface area (Å²) in [6.07, 6.45) is 3.88. The number of carbonyl (C=O) groups excluding carboxylic acids is 1. The van der Waals surface area contributed by atoms with E-state index in [4.69, 9.17) is 4.42 Å². The number of hydrogen-bond acceptors (Lipinski definition) is 4. The number of rotatable bonds is 4. The average Bonchev–Trinajstić information content (AvgIpc) is 2.88. The molecule has 1 aromatic rings. The van der Waals surface area contributed by atoms with E-state index in [2.05, 4.69) is 5.32 Å². The molecule has 0 bridgehead atoms. The van der Waals surface area contributed by atoms with Crippen molar-refractivity contribution in [2.75, 3.05) is 6.54 Å². The number of furan rings is 1. The van der Waals surface area contributed by atoms with E-state index >= 15 is 0 Å². The molecule has 98 valence electrons. The van der Waals surface area contributed by atoms with Crippen LogP contribution in [0.2, 0.25) is 0 Å². The first-order valence-corrected chi connectivity index (χ1v) is 6.48. The Balaban J connectivity index is 1.67. The molecule has 2 unspecified atom stereocenters. The zero-order chi connectivity index (χ0) is 12.5. The summed E-state index contributed by atoms with van der Waals surface area (Å²) in [6, 6.07) is 3.83. The number of nitrogens with one attached hydrogen (secondary N) is 1. The molecule has 2 fully saturated rings. The Morgan fingerprint density at radius 3 is 2.94 bits per heavy atom. The van der Waals surface area contributed by atoms with Crippen LogP contribution < -0.4 is 5.32 Å². The van der Waals surface area contributed by atoms with Gasteiger partial charge in [0.25, 0.3) is 0 Å². The van der Waals surface area contributed by atoms with Gasteiger partial charge in [-0.1, -0.05) is 0 Å². The highest BCUT2D eigenvalue weighted by atomic mass is 16.3. The van der Waals surface area contributed by atoms with Gasteiger partial charge >= 0.3 is 0 Å². The van der Waals surface area contributed by atoms with Crippen LogP contribution >= 0.6 is 0 Å². The van der Waals surface area contributed by atoms with Crippen LogP contribution in [0.5, 0.6) is 0 Å². The van der Waals surface area contributed by atoms with Crippen LogP contribution in [-0.2, 0) is 11.3 Å². The summed E-state index contributed by atoms with van der Waals surface area (Å²) in [4.78, 5) is 14.3. The number of aliphatic hydroxyl groups excluding tert-OH is 1. The predicted molar refractivity (Wildman–Crippen MR) is 64.7 cm³/mol. The van der Waals surface area contributed by atoms with Gasteiger partial charge in [-0.3, -0.25) is 4.79 Å². The number of amides is 1. The van der Waals surface area contributed by atoms with E-state index in [1.165, 1.54) is 0 Å². The fourth-order valence-corrected chi connectivity index (χ4v) is 2.45. The van der Waals surface area contributed by atoms with Gasteiger partial charge in [0.2, 0.25) is 5.91 Å². The fourth-order valence-electron chi connectivity index (χ4n) is 2.45. The van der Waals surface area contributed by atoms with Crippen LogP contribution in [0.25, 0.3) is 0 Å². The van der Waals surface area contributed by atoms with Crippen molar-refractivity contribution in [2.45, 2.75) is 44.0 Å². The highest BCUT2D eigenvalue weighted by Gasteiger charge is 2.38. The van der Waals surface area contributed by atoms with E-state index < -0.39 is 6.10 Å². The summed E-state index contributed by atoms with van der Waals surface area (Å²) in [6.45, 7) is 1.04. The summed E-state index contributed by atoms with van der Waals surface area (Å²) in [7, 11) is 0. The topological polar surface area (TPSA) is 65.7 Å². The molecular formula is C13H18N2O3. The molecular weight excluding hydrogens is 232 g/mol. The third kappa shape index (κ3) is 2.42. The molecule has 1 aromatic heterocycles. The molecule has 1 saturated carbocycles. The first kappa shape index (κ1) is 11.7. The molecule has 1 aliphatic heterocycles. The highest BCUT2D eigenvalue weighted by Crippen LogP contribution is 2.29. The van der Waals surface area contributed by atoms with Crippen LogP contribution in [-0.4, -0.2) is 40.6 Å². The average molecular weight is 250 g/mol. The lowest BCUT2D eigenvalue weighted by Crippen LogP contribution is -2.44. The summed E-state index contributed by atoms with van der Waals surface area (Å²) in [5.41, 5.74) is 0. The van der Waals surface area contributed by atoms with E-state index in [0.717, 1.165) is 18.6 Å². The van der Waals surface area contributed by atoms with Gasteiger partial charge in [-0.25, -0.2) is 0 Å². The molecule has 2 N–H and O–H groups in total. The van der Waals surface area contributed by atoms with Crippen LogP contribution in [0, 0.1) is 0 Å². The standard InChI is InChI=1S/C13H18N2O3/c16-10-6-12(14-7-10)13(17)15(9-3-4-9)8-11-2-1-5-18-11/h1-2,5,9-10,12,14,16H,3-4,6-8H2. The number of nitrogens with zero attached hydrogens (tertiary/aromatic N) is 1. The largest absolute Gasteiger partial charge is 0.467 e. The summed E-state index contributed by atoms with van der Waals surface area (Å²) in [5.74, 6) is 0.902. The maximum atomic E-state index is 12.4. The van der Waals surface area contributed by atoms with Crippen molar-refractivity contribution in [2.24, 2.45) is 0 Å². The molecule has 1 aliphatic carbocycles. The van der Waals surface area contributed by atoms with Crippen LogP contribution in [0.3, 0.4) is 0 Å². The normalized spacial score (nSPS) is 27.4. The minimum absolute atomic E-state index is 0.0884. The highest BCUT2D eigenvalue weighted by molar-refractivity contribution is 5.82. The molecule has 1 saturated heterocycles. The molecule has 1 amide bonds. The number of hydrogen-bond donors (Lipinski definition) is 2. The molecule has 5 heteroatoms. The van der Waals surface area contributed by atoms with E-state index in [9.17, 15) is 9.90 Å². The van der Waals surface area contributed by atoms with Crippen molar-refractivity contribution in [3.63, 3.8) is 0 Å². The van der Waals surface area contributed by atoms with Gasteiger partial charge < -0.3 is 19.7 Å². The van der Waals surface area contributed by atoms with Crippen molar-refractivity contribution in [3.05, 3.63) is 24.2 Å². The van der Waals surface area contributed by atoms with Crippen molar-refractivity contribution < 1.29 is 14.3 Å². The lowest BCUT2D eigenvalue weighted by atomic mass is 10.1. The first-order chi connectivity index (χ1) is 8.74. The molecule has 0 spiro atoms. The Morgan fingerprint density at radius 1 is 1.56 bits per heavy atom. The SMILES string of the molecule is O=C(C1CC(O)CN1)N(Cc1ccco1)C1CC1. The third-order valence-corrected chi connectivity index (χ3v) is 3.58. The van der Waals surface area contributed by atoms with Gasteiger partial charge in [-0.05, 0) is 31.4 Å². The van der Waals surface area contributed by atoms with E-state index in [-0.39, 0.29) is 11.9 Å². The lowest BCUT2D eigenvalue weighted by Gasteiger charge is -2.24. The monoisotopic (exact) mass is 250 g/mol. The number of aliphatic hydroxyl groups is 1. The summed E-state index contributed by atoms with van der Waals surface area (Å²) >= 11 is 0. The van der Waals surface area contributed by atoms with Crippen molar-refractivity contribution in [1.29, 1.82) is 0 Å². The van der Waals surface area contributed by atoms with Gasteiger partial charge in [0.15, 0.2) is 0 Å². The molecule has 18 heavy (non-hydrogen) atoms. The zero-order valence-electron chi connectivity index (χ0n) is 10.2. The first-order valence-electron chi connectivity index (χ1n) is 6.48. The number of β-amino-alcohol motifs (C(OH)–C–C–N with tert-alkyl or cyclic N) is 1. The minimum Gasteiger partial charge on any atom is -0.467 e. The molecule has 2 atom stereocenters. The van der Waals surface area contributed by atoms with E-state index in [0.29, 0.717) is 25.6 Å². The Morgan fingerprint density at radius 2 is 2.39 bits per heavy atom. The van der Waals surface area contributed by atoms with Crippen LogP contribution in [0.1, 0.15) is 25.0 Å². The van der Waals surface area contributed by atoms with Crippen LogP contribution in [0.4, 0.5) is 0 Å². The molecule has 0 radical (unpaired) electrons. The lowest BCUT2D eigenvalue weighted by molar-refractivity contribution is -0.134. The Kier molecular flexibility index (Phi) is 3.09. The summed E-state index contributed by atoms with van der Waals surface area (Å²) in [5, 5.41) is 12.6. The molecule has 0 aromatic carbocycles. The maximum Gasteiger partial charge on any atom is 0.240 e. The van der Waals surface area contributed by atoms with Gasteiger partial charge in [0.1, 0.15) is 5.76 Å². The van der Waals surface area contributed by atoms with Crippen molar-refractivity contribution >= 4 is 5.91 Å². The second-order valence-corrected chi connectivity index (χ2v) is 5.13. The quantitative estimate of drug-likeness (QED) is 0.816.